The lowest BCUT2D eigenvalue weighted by Crippen LogP contribution is -2.45. The van der Waals surface area contributed by atoms with E-state index in [9.17, 15) is 0 Å². The van der Waals surface area contributed by atoms with Crippen molar-refractivity contribution in [3.63, 3.8) is 0 Å². The van der Waals surface area contributed by atoms with Crippen molar-refractivity contribution in [2.75, 3.05) is 26.2 Å². The summed E-state index contributed by atoms with van der Waals surface area (Å²) in [5.74, 6) is 1.03. The van der Waals surface area contributed by atoms with Gasteiger partial charge in [-0.1, -0.05) is 33.6 Å². The fourth-order valence-electron chi connectivity index (χ4n) is 3.91. The molecule has 2 rings (SSSR count). The molecular formula is C16H32N2. The molecule has 1 aliphatic heterocycles. The molecule has 0 bridgehead atoms. The molecule has 1 aliphatic carbocycles. The molecule has 0 aromatic heterocycles. The minimum absolute atomic E-state index is 0.461. The average molecular weight is 252 g/mol. The Bertz CT molecular complexity index is 253. The number of hydrogen-bond acceptors (Lipinski definition) is 2. The highest BCUT2D eigenvalue weighted by atomic mass is 15.2. The smallest absolute Gasteiger partial charge is 0.0124 e. The fourth-order valence-corrected chi connectivity index (χ4v) is 3.91. The third-order valence-corrected chi connectivity index (χ3v) is 5.37. The van der Waals surface area contributed by atoms with Crippen LogP contribution in [0.4, 0.5) is 0 Å². The SMILES string of the molecule is CCNCC(C)(CC)CN1CCC2CCCCC21. The van der Waals surface area contributed by atoms with E-state index >= 15 is 0 Å². The number of fused-ring (bicyclic) bond motifs is 1. The molecule has 2 fully saturated rings. The fraction of sp³-hybridized carbons (Fsp3) is 1.00. The molecule has 3 atom stereocenters. The highest BCUT2D eigenvalue weighted by Gasteiger charge is 2.38. The molecule has 18 heavy (non-hydrogen) atoms. The first-order valence-corrected chi connectivity index (χ1v) is 8.13. The van der Waals surface area contributed by atoms with Gasteiger partial charge in [-0.2, -0.15) is 0 Å². The van der Waals surface area contributed by atoms with Crippen LogP contribution in [0.25, 0.3) is 0 Å². The van der Waals surface area contributed by atoms with Crippen molar-refractivity contribution < 1.29 is 0 Å². The van der Waals surface area contributed by atoms with E-state index in [1.807, 2.05) is 0 Å². The molecule has 1 N–H and O–H groups in total. The van der Waals surface area contributed by atoms with E-state index < -0.39 is 0 Å². The Kier molecular flexibility index (Phi) is 5.08. The molecule has 2 aliphatic rings. The first-order chi connectivity index (χ1) is 8.68. The summed E-state index contributed by atoms with van der Waals surface area (Å²) in [5, 5.41) is 3.56. The van der Waals surface area contributed by atoms with Crippen molar-refractivity contribution in [1.29, 1.82) is 0 Å². The van der Waals surface area contributed by atoms with E-state index in [4.69, 9.17) is 0 Å². The molecular weight excluding hydrogens is 220 g/mol. The summed E-state index contributed by atoms with van der Waals surface area (Å²) in [6.45, 7) is 12.0. The number of nitrogens with zero attached hydrogens (tertiary/aromatic N) is 1. The molecule has 2 heteroatoms. The zero-order chi connectivity index (χ0) is 13.0. The average Bonchev–Trinajstić information content (AvgIpc) is 2.80. The number of hydrogen-bond donors (Lipinski definition) is 1. The molecule has 106 valence electrons. The standard InChI is InChI=1S/C16H32N2/c1-4-16(3,12-17-5-2)13-18-11-10-14-8-6-7-9-15(14)18/h14-15,17H,4-13H2,1-3H3. The van der Waals surface area contributed by atoms with Crippen LogP contribution in [0.1, 0.15) is 59.3 Å². The van der Waals surface area contributed by atoms with Crippen LogP contribution in [-0.4, -0.2) is 37.1 Å². The predicted molar refractivity (Wildman–Crippen MR) is 78.9 cm³/mol. The van der Waals surface area contributed by atoms with Crippen LogP contribution in [0.2, 0.25) is 0 Å². The molecule has 1 saturated heterocycles. The predicted octanol–water partition coefficient (Wildman–Crippen LogP) is 3.28. The van der Waals surface area contributed by atoms with Crippen molar-refractivity contribution >= 4 is 0 Å². The van der Waals surface area contributed by atoms with E-state index in [1.54, 1.807) is 0 Å². The zero-order valence-corrected chi connectivity index (χ0v) is 12.7. The Morgan fingerprint density at radius 2 is 1.94 bits per heavy atom. The van der Waals surface area contributed by atoms with Gasteiger partial charge in [-0.3, -0.25) is 4.90 Å². The number of likely N-dealkylation sites (tertiary alicyclic amines) is 1. The molecule has 3 unspecified atom stereocenters. The van der Waals surface area contributed by atoms with Crippen molar-refractivity contribution in [3.8, 4) is 0 Å². The Labute approximate surface area is 114 Å². The maximum absolute atomic E-state index is 3.56. The second-order valence-electron chi connectivity index (χ2n) is 6.82. The van der Waals surface area contributed by atoms with Gasteiger partial charge < -0.3 is 5.32 Å². The van der Waals surface area contributed by atoms with Gasteiger partial charge in [0.2, 0.25) is 0 Å². The molecule has 0 aromatic carbocycles. The summed E-state index contributed by atoms with van der Waals surface area (Å²) in [5.41, 5.74) is 0.461. The van der Waals surface area contributed by atoms with E-state index in [0.717, 1.165) is 18.5 Å². The van der Waals surface area contributed by atoms with Gasteiger partial charge in [-0.15, -0.1) is 0 Å². The quantitative estimate of drug-likeness (QED) is 0.780. The molecule has 1 saturated carbocycles. The largest absolute Gasteiger partial charge is 0.316 e. The first-order valence-electron chi connectivity index (χ1n) is 8.13. The van der Waals surface area contributed by atoms with Crippen molar-refractivity contribution in [1.82, 2.24) is 10.2 Å². The van der Waals surface area contributed by atoms with Gasteiger partial charge in [0.05, 0.1) is 0 Å². The number of nitrogens with one attached hydrogen (secondary N) is 1. The van der Waals surface area contributed by atoms with Crippen LogP contribution in [0.15, 0.2) is 0 Å². The van der Waals surface area contributed by atoms with E-state index in [-0.39, 0.29) is 0 Å². The normalized spacial score (nSPS) is 32.2. The molecule has 0 amide bonds. The second-order valence-corrected chi connectivity index (χ2v) is 6.82. The summed E-state index contributed by atoms with van der Waals surface area (Å²) < 4.78 is 0. The van der Waals surface area contributed by atoms with E-state index in [2.05, 4.69) is 31.0 Å². The second kappa shape index (κ2) is 6.38. The Hall–Kier alpha value is -0.0800. The summed E-state index contributed by atoms with van der Waals surface area (Å²) in [6, 6.07) is 0.922. The Morgan fingerprint density at radius 1 is 1.17 bits per heavy atom. The van der Waals surface area contributed by atoms with Crippen LogP contribution < -0.4 is 5.32 Å². The van der Waals surface area contributed by atoms with Gasteiger partial charge in [-0.25, -0.2) is 0 Å². The van der Waals surface area contributed by atoms with Crippen LogP contribution >= 0.6 is 0 Å². The maximum Gasteiger partial charge on any atom is 0.0124 e. The van der Waals surface area contributed by atoms with Gasteiger partial charge in [0, 0.05) is 19.1 Å². The van der Waals surface area contributed by atoms with Crippen LogP contribution in [0.5, 0.6) is 0 Å². The van der Waals surface area contributed by atoms with Crippen LogP contribution in [-0.2, 0) is 0 Å². The highest BCUT2D eigenvalue weighted by Crippen LogP contribution is 2.38. The van der Waals surface area contributed by atoms with Crippen LogP contribution in [0, 0.1) is 11.3 Å². The third kappa shape index (κ3) is 3.27. The van der Waals surface area contributed by atoms with Crippen LogP contribution in [0.3, 0.4) is 0 Å². The third-order valence-electron chi connectivity index (χ3n) is 5.37. The lowest BCUT2D eigenvalue weighted by molar-refractivity contribution is 0.115. The molecule has 2 nitrogen and oxygen atoms in total. The summed E-state index contributed by atoms with van der Waals surface area (Å²) >= 11 is 0. The summed E-state index contributed by atoms with van der Waals surface area (Å²) in [4.78, 5) is 2.82. The lowest BCUT2D eigenvalue weighted by Gasteiger charge is -2.38. The minimum Gasteiger partial charge on any atom is -0.316 e. The monoisotopic (exact) mass is 252 g/mol. The lowest BCUT2D eigenvalue weighted by atomic mass is 9.83. The minimum atomic E-state index is 0.461. The summed E-state index contributed by atoms with van der Waals surface area (Å²) in [7, 11) is 0. The van der Waals surface area contributed by atoms with E-state index in [0.29, 0.717) is 5.41 Å². The van der Waals surface area contributed by atoms with Crippen molar-refractivity contribution in [2.24, 2.45) is 11.3 Å². The molecule has 0 spiro atoms. The van der Waals surface area contributed by atoms with Gasteiger partial charge in [0.15, 0.2) is 0 Å². The zero-order valence-electron chi connectivity index (χ0n) is 12.7. The molecule has 0 radical (unpaired) electrons. The van der Waals surface area contributed by atoms with Gasteiger partial charge >= 0.3 is 0 Å². The Morgan fingerprint density at radius 3 is 2.67 bits per heavy atom. The first kappa shape index (κ1) is 14.3. The van der Waals surface area contributed by atoms with Crippen molar-refractivity contribution in [2.45, 2.75) is 65.3 Å². The van der Waals surface area contributed by atoms with Crippen molar-refractivity contribution in [3.05, 3.63) is 0 Å². The Balaban J connectivity index is 1.90. The van der Waals surface area contributed by atoms with Gasteiger partial charge in [0.25, 0.3) is 0 Å². The van der Waals surface area contributed by atoms with Gasteiger partial charge in [-0.05, 0) is 50.1 Å². The topological polar surface area (TPSA) is 15.3 Å². The van der Waals surface area contributed by atoms with Gasteiger partial charge in [0.1, 0.15) is 0 Å². The molecule has 1 heterocycles. The highest BCUT2D eigenvalue weighted by molar-refractivity contribution is 4.92. The number of rotatable bonds is 6. The summed E-state index contributed by atoms with van der Waals surface area (Å²) in [6.07, 6.45) is 8.66. The van der Waals surface area contributed by atoms with E-state index in [1.165, 1.54) is 58.2 Å². The molecule has 0 aromatic rings. The maximum atomic E-state index is 3.56.